The van der Waals surface area contributed by atoms with Crippen molar-refractivity contribution in [1.29, 1.82) is 0 Å². The molecule has 5 nitrogen and oxygen atoms in total. The van der Waals surface area contributed by atoms with Crippen LogP contribution in [0.5, 0.6) is 0 Å². The summed E-state index contributed by atoms with van der Waals surface area (Å²) < 4.78 is 0. The molecular weight excluding hydrogens is 226 g/mol. The van der Waals surface area contributed by atoms with Gasteiger partial charge in [-0.3, -0.25) is 0 Å². The van der Waals surface area contributed by atoms with Crippen LogP contribution in [0.15, 0.2) is 6.07 Å². The van der Waals surface area contributed by atoms with Crippen molar-refractivity contribution in [1.82, 2.24) is 14.9 Å². The minimum absolute atomic E-state index is 0.305. The van der Waals surface area contributed by atoms with E-state index < -0.39 is 0 Å². The highest BCUT2D eigenvalue weighted by atomic mass is 15.3. The monoisotopic (exact) mass is 249 g/mol. The molecule has 1 aliphatic heterocycles. The Balaban J connectivity index is 2.19. The molecule has 0 aliphatic carbocycles. The second-order valence-corrected chi connectivity index (χ2v) is 5.52. The van der Waals surface area contributed by atoms with E-state index in [1.165, 1.54) is 6.42 Å². The van der Waals surface area contributed by atoms with E-state index in [1.54, 1.807) is 0 Å². The molecule has 1 atom stereocenters. The molecule has 0 radical (unpaired) electrons. The van der Waals surface area contributed by atoms with Gasteiger partial charge in [0.2, 0.25) is 0 Å². The van der Waals surface area contributed by atoms with E-state index >= 15 is 0 Å². The van der Waals surface area contributed by atoms with Gasteiger partial charge < -0.3 is 15.5 Å². The summed E-state index contributed by atoms with van der Waals surface area (Å²) in [5, 5.41) is 0. The van der Waals surface area contributed by atoms with Gasteiger partial charge in [0.15, 0.2) is 0 Å². The first kappa shape index (κ1) is 13.1. The highest BCUT2D eigenvalue weighted by Crippen LogP contribution is 2.23. The van der Waals surface area contributed by atoms with E-state index in [0.717, 1.165) is 24.7 Å². The van der Waals surface area contributed by atoms with Crippen LogP contribution in [-0.4, -0.2) is 48.1 Å². The number of nitrogen functional groups attached to an aromatic ring is 1. The molecule has 1 aromatic heterocycles. The molecule has 100 valence electrons. The Morgan fingerprint density at radius 2 is 2.11 bits per heavy atom. The minimum Gasteiger partial charge on any atom is -0.384 e. The molecule has 0 spiro atoms. The predicted molar refractivity (Wildman–Crippen MR) is 74.8 cm³/mol. The molecule has 18 heavy (non-hydrogen) atoms. The summed E-state index contributed by atoms with van der Waals surface area (Å²) in [6.07, 6.45) is 1.17. The van der Waals surface area contributed by atoms with Crippen molar-refractivity contribution in [2.75, 3.05) is 37.8 Å². The van der Waals surface area contributed by atoms with Crippen LogP contribution in [0.2, 0.25) is 0 Å². The lowest BCUT2D eigenvalue weighted by molar-refractivity contribution is 0.315. The van der Waals surface area contributed by atoms with Crippen LogP contribution in [0.25, 0.3) is 0 Å². The third-order valence-corrected chi connectivity index (χ3v) is 3.48. The third-order valence-electron chi connectivity index (χ3n) is 3.48. The summed E-state index contributed by atoms with van der Waals surface area (Å²) in [7, 11) is 4.25. The minimum atomic E-state index is 0.305. The Hall–Kier alpha value is -1.36. The Kier molecular flexibility index (Phi) is 3.71. The molecule has 1 saturated heterocycles. The first-order valence-corrected chi connectivity index (χ1v) is 6.53. The zero-order valence-corrected chi connectivity index (χ0v) is 11.7. The van der Waals surface area contributed by atoms with Crippen molar-refractivity contribution >= 4 is 11.6 Å². The van der Waals surface area contributed by atoms with Crippen molar-refractivity contribution in [2.45, 2.75) is 32.2 Å². The zero-order chi connectivity index (χ0) is 13.3. The molecule has 1 fully saturated rings. The smallest absolute Gasteiger partial charge is 0.135 e. The lowest BCUT2D eigenvalue weighted by Crippen LogP contribution is -2.31. The number of hydrogen-bond donors (Lipinski definition) is 1. The van der Waals surface area contributed by atoms with Gasteiger partial charge in [0.05, 0.1) is 0 Å². The molecule has 1 unspecified atom stereocenters. The van der Waals surface area contributed by atoms with Gasteiger partial charge >= 0.3 is 0 Å². The maximum atomic E-state index is 5.87. The van der Waals surface area contributed by atoms with Crippen molar-refractivity contribution in [3.8, 4) is 0 Å². The number of rotatable bonds is 3. The first-order valence-electron chi connectivity index (χ1n) is 6.53. The first-order chi connectivity index (χ1) is 8.47. The molecular formula is C13H23N5. The Bertz CT molecular complexity index is 416. The summed E-state index contributed by atoms with van der Waals surface area (Å²) in [5.74, 6) is 2.67. The fraction of sp³-hybridized carbons (Fsp3) is 0.692. The van der Waals surface area contributed by atoms with E-state index in [1.807, 2.05) is 6.07 Å². The molecule has 0 saturated carbocycles. The number of likely N-dealkylation sites (N-methyl/N-ethyl adjacent to an activating group) is 1. The highest BCUT2D eigenvalue weighted by Gasteiger charge is 2.25. The predicted octanol–water partition coefficient (Wildman–Crippen LogP) is 1.32. The van der Waals surface area contributed by atoms with Gasteiger partial charge in [-0.15, -0.1) is 0 Å². The van der Waals surface area contributed by atoms with Crippen molar-refractivity contribution in [3.05, 3.63) is 11.9 Å². The van der Waals surface area contributed by atoms with Gasteiger partial charge in [0.1, 0.15) is 17.5 Å². The van der Waals surface area contributed by atoms with Crippen LogP contribution in [0.4, 0.5) is 11.6 Å². The van der Waals surface area contributed by atoms with E-state index in [4.69, 9.17) is 5.73 Å². The van der Waals surface area contributed by atoms with Crippen LogP contribution in [0, 0.1) is 0 Å². The third kappa shape index (κ3) is 2.72. The standard InChI is InChI=1S/C13H23N5/c1-9(2)13-15-11(14)7-12(16-13)18-6-5-10(8-18)17(3)4/h7,9-10H,5-6,8H2,1-4H3,(H2,14,15,16). The molecule has 2 N–H and O–H groups in total. The summed E-state index contributed by atoms with van der Waals surface area (Å²) in [6.45, 7) is 6.23. The number of aromatic nitrogens is 2. The van der Waals surface area contributed by atoms with Crippen molar-refractivity contribution in [3.63, 3.8) is 0 Å². The Labute approximate surface area is 109 Å². The maximum Gasteiger partial charge on any atom is 0.135 e. The SMILES string of the molecule is CC(C)c1nc(N)cc(N2CCC(N(C)C)C2)n1. The summed E-state index contributed by atoms with van der Waals surface area (Å²) in [6, 6.07) is 2.48. The maximum absolute atomic E-state index is 5.87. The van der Waals surface area contributed by atoms with Crippen LogP contribution >= 0.6 is 0 Å². The molecule has 5 heteroatoms. The molecule has 1 aliphatic rings. The fourth-order valence-corrected chi connectivity index (χ4v) is 2.26. The van der Waals surface area contributed by atoms with Crippen LogP contribution in [0.1, 0.15) is 32.0 Å². The van der Waals surface area contributed by atoms with Crippen LogP contribution in [-0.2, 0) is 0 Å². The number of hydrogen-bond acceptors (Lipinski definition) is 5. The summed E-state index contributed by atoms with van der Waals surface area (Å²) >= 11 is 0. The van der Waals surface area contributed by atoms with Gasteiger partial charge in [-0.05, 0) is 20.5 Å². The van der Waals surface area contributed by atoms with E-state index in [0.29, 0.717) is 17.8 Å². The van der Waals surface area contributed by atoms with Gasteiger partial charge in [0, 0.05) is 31.1 Å². The lowest BCUT2D eigenvalue weighted by atomic mass is 10.2. The fourth-order valence-electron chi connectivity index (χ4n) is 2.26. The second-order valence-electron chi connectivity index (χ2n) is 5.52. The lowest BCUT2D eigenvalue weighted by Gasteiger charge is -2.21. The zero-order valence-electron chi connectivity index (χ0n) is 11.7. The van der Waals surface area contributed by atoms with E-state index in [2.05, 4.69) is 47.7 Å². The summed E-state index contributed by atoms with van der Waals surface area (Å²) in [4.78, 5) is 13.5. The van der Waals surface area contributed by atoms with Crippen molar-refractivity contribution in [2.24, 2.45) is 0 Å². The quantitative estimate of drug-likeness (QED) is 0.875. The average Bonchev–Trinajstić information content (AvgIpc) is 2.77. The van der Waals surface area contributed by atoms with Crippen LogP contribution < -0.4 is 10.6 Å². The van der Waals surface area contributed by atoms with Gasteiger partial charge in [-0.25, -0.2) is 9.97 Å². The van der Waals surface area contributed by atoms with Gasteiger partial charge in [0.25, 0.3) is 0 Å². The Morgan fingerprint density at radius 1 is 1.39 bits per heavy atom. The molecule has 2 rings (SSSR count). The number of nitrogens with zero attached hydrogens (tertiary/aromatic N) is 4. The van der Waals surface area contributed by atoms with E-state index in [9.17, 15) is 0 Å². The Morgan fingerprint density at radius 3 is 2.67 bits per heavy atom. The molecule has 0 aromatic carbocycles. The highest BCUT2D eigenvalue weighted by molar-refractivity contribution is 5.48. The number of nitrogens with two attached hydrogens (primary N) is 1. The number of anilines is 2. The molecule has 0 bridgehead atoms. The molecule has 0 amide bonds. The summed E-state index contributed by atoms with van der Waals surface area (Å²) in [5.41, 5.74) is 5.87. The van der Waals surface area contributed by atoms with E-state index in [-0.39, 0.29) is 0 Å². The molecule has 2 heterocycles. The topological polar surface area (TPSA) is 58.3 Å². The van der Waals surface area contributed by atoms with Gasteiger partial charge in [-0.2, -0.15) is 0 Å². The normalized spacial score (nSPS) is 20.1. The van der Waals surface area contributed by atoms with Gasteiger partial charge in [-0.1, -0.05) is 13.8 Å². The van der Waals surface area contributed by atoms with Crippen LogP contribution in [0.3, 0.4) is 0 Å². The van der Waals surface area contributed by atoms with Crippen molar-refractivity contribution < 1.29 is 0 Å². The average molecular weight is 249 g/mol. The second kappa shape index (κ2) is 5.10. The largest absolute Gasteiger partial charge is 0.384 e. The molecule has 1 aromatic rings.